The lowest BCUT2D eigenvalue weighted by atomic mass is 10.0. The molecule has 160 valence electrons. The van der Waals surface area contributed by atoms with Gasteiger partial charge in [0, 0.05) is 19.0 Å². The second kappa shape index (κ2) is 8.80. The Labute approximate surface area is 174 Å². The van der Waals surface area contributed by atoms with Gasteiger partial charge in [0.1, 0.15) is 11.9 Å². The number of ether oxygens (including phenoxy) is 1. The van der Waals surface area contributed by atoms with Gasteiger partial charge in [-0.15, -0.1) is 0 Å². The lowest BCUT2D eigenvalue weighted by Crippen LogP contribution is -2.33. The van der Waals surface area contributed by atoms with Crippen molar-refractivity contribution in [3.63, 3.8) is 0 Å². The number of carbonyl (C=O) groups is 2. The molecule has 2 aromatic rings. The van der Waals surface area contributed by atoms with Gasteiger partial charge < -0.3 is 10.1 Å². The molecule has 0 aromatic heterocycles. The third kappa shape index (κ3) is 5.55. The number of sulfonamides is 1. The van der Waals surface area contributed by atoms with Crippen molar-refractivity contribution >= 4 is 27.7 Å². The Morgan fingerprint density at radius 3 is 2.70 bits per heavy atom. The Kier molecular flexibility index (Phi) is 6.37. The number of nitrogens with zero attached hydrogens (tertiary/aromatic N) is 1. The van der Waals surface area contributed by atoms with E-state index in [-0.39, 0.29) is 25.5 Å². The fourth-order valence-corrected chi connectivity index (χ4v) is 3.49. The summed E-state index contributed by atoms with van der Waals surface area (Å²) in [6, 6.07) is 11.3. The second-order valence-corrected chi connectivity index (χ2v) is 8.84. The number of benzene rings is 2. The molecule has 1 aliphatic heterocycles. The maximum atomic E-state index is 14.8. The summed E-state index contributed by atoms with van der Waals surface area (Å²) < 4.78 is 45.0. The molecule has 2 N–H and O–H groups in total. The van der Waals surface area contributed by atoms with Crippen LogP contribution in [0, 0.1) is 5.82 Å². The summed E-state index contributed by atoms with van der Waals surface area (Å²) in [5.74, 6) is -0.757. The first-order valence-corrected chi connectivity index (χ1v) is 11.1. The van der Waals surface area contributed by atoms with Crippen LogP contribution in [0.5, 0.6) is 0 Å². The zero-order chi connectivity index (χ0) is 21.9. The van der Waals surface area contributed by atoms with E-state index in [1.165, 1.54) is 17.9 Å². The molecule has 0 bridgehead atoms. The number of anilines is 1. The zero-order valence-corrected chi connectivity index (χ0v) is 17.3. The molecule has 0 saturated carbocycles. The molecular weight excluding hydrogens is 413 g/mol. The molecule has 2 aromatic carbocycles. The number of rotatable bonds is 7. The Morgan fingerprint density at radius 2 is 2.03 bits per heavy atom. The molecule has 1 aliphatic rings. The monoisotopic (exact) mass is 435 g/mol. The Bertz CT molecular complexity index is 1070. The van der Waals surface area contributed by atoms with Crippen molar-refractivity contribution < 1.29 is 27.1 Å². The van der Waals surface area contributed by atoms with Gasteiger partial charge in [-0.05, 0) is 35.4 Å². The van der Waals surface area contributed by atoms with Gasteiger partial charge in [-0.1, -0.05) is 18.2 Å². The highest BCUT2D eigenvalue weighted by Crippen LogP contribution is 2.29. The van der Waals surface area contributed by atoms with E-state index in [1.807, 2.05) is 0 Å². The predicted octanol–water partition coefficient (Wildman–Crippen LogP) is 2.00. The molecule has 30 heavy (non-hydrogen) atoms. The van der Waals surface area contributed by atoms with E-state index in [0.717, 1.165) is 6.26 Å². The van der Waals surface area contributed by atoms with Crippen LogP contribution in [0.2, 0.25) is 0 Å². The minimum absolute atomic E-state index is 0.0989. The summed E-state index contributed by atoms with van der Waals surface area (Å²) in [5.41, 5.74) is 1.94. The average molecular weight is 435 g/mol. The molecule has 1 heterocycles. The van der Waals surface area contributed by atoms with E-state index in [0.29, 0.717) is 22.4 Å². The van der Waals surface area contributed by atoms with E-state index in [4.69, 9.17) is 4.74 Å². The zero-order valence-electron chi connectivity index (χ0n) is 16.5. The van der Waals surface area contributed by atoms with E-state index in [1.54, 1.807) is 36.4 Å². The smallest absolute Gasteiger partial charge is 0.414 e. The van der Waals surface area contributed by atoms with Gasteiger partial charge in [0.2, 0.25) is 15.9 Å². The first-order chi connectivity index (χ1) is 14.1. The summed E-state index contributed by atoms with van der Waals surface area (Å²) in [6.07, 6.45) is -0.0474. The predicted molar refractivity (Wildman–Crippen MR) is 110 cm³/mol. The molecule has 0 unspecified atom stereocenters. The fraction of sp³-hybridized carbons (Fsp3) is 0.300. The molecule has 1 atom stereocenters. The number of cyclic esters (lactones) is 1. The van der Waals surface area contributed by atoms with Gasteiger partial charge >= 0.3 is 6.09 Å². The summed E-state index contributed by atoms with van der Waals surface area (Å²) in [7, 11) is -3.34. The van der Waals surface area contributed by atoms with Gasteiger partial charge in [-0.25, -0.2) is 22.3 Å². The van der Waals surface area contributed by atoms with Crippen molar-refractivity contribution in [2.24, 2.45) is 0 Å². The molecular formula is C20H22FN3O5S. The number of hydrogen-bond acceptors (Lipinski definition) is 5. The van der Waals surface area contributed by atoms with Crippen molar-refractivity contribution in [1.29, 1.82) is 0 Å². The average Bonchev–Trinajstić information content (AvgIpc) is 3.05. The van der Waals surface area contributed by atoms with Crippen molar-refractivity contribution in [2.75, 3.05) is 24.2 Å². The van der Waals surface area contributed by atoms with Gasteiger partial charge in [-0.3, -0.25) is 9.69 Å². The van der Waals surface area contributed by atoms with Crippen molar-refractivity contribution in [3.05, 3.63) is 53.8 Å². The highest BCUT2D eigenvalue weighted by Gasteiger charge is 2.32. The number of carbonyl (C=O) groups excluding carboxylic acids is 2. The largest absolute Gasteiger partial charge is 0.442 e. The lowest BCUT2D eigenvalue weighted by molar-refractivity contribution is -0.119. The SMILES string of the molecule is CC(=O)NC[C@H]1CN(c2ccc(-c3cccc(CNS(C)(=O)=O)c3)c(F)c2)C(=O)O1. The quantitative estimate of drug-likeness (QED) is 0.692. The topological polar surface area (TPSA) is 105 Å². The lowest BCUT2D eigenvalue weighted by Gasteiger charge is -2.15. The summed E-state index contributed by atoms with van der Waals surface area (Å²) in [6.45, 7) is 1.85. The molecule has 8 nitrogen and oxygen atoms in total. The minimum Gasteiger partial charge on any atom is -0.442 e. The third-order valence-corrected chi connectivity index (χ3v) is 5.16. The van der Waals surface area contributed by atoms with Crippen LogP contribution >= 0.6 is 0 Å². The Hall–Kier alpha value is -2.98. The standard InChI is InChI=1S/C20H22FN3O5S/c1-13(25)22-11-17-12-24(20(26)29-17)16-6-7-18(19(21)9-16)15-5-3-4-14(8-15)10-23-30(2,27)28/h3-9,17,23H,10-12H2,1-2H3,(H,22,25)/t17-/m0/s1. The fourth-order valence-electron chi connectivity index (χ4n) is 3.07. The van der Waals surface area contributed by atoms with Crippen LogP contribution in [0.15, 0.2) is 42.5 Å². The second-order valence-electron chi connectivity index (χ2n) is 7.01. The van der Waals surface area contributed by atoms with Crippen LogP contribution in [0.1, 0.15) is 12.5 Å². The van der Waals surface area contributed by atoms with Crippen LogP contribution in [-0.4, -0.2) is 45.9 Å². The molecule has 3 rings (SSSR count). The van der Waals surface area contributed by atoms with Crippen LogP contribution < -0.4 is 14.9 Å². The Balaban J connectivity index is 1.76. The first kappa shape index (κ1) is 21.7. The van der Waals surface area contributed by atoms with E-state index >= 15 is 0 Å². The van der Waals surface area contributed by atoms with Crippen molar-refractivity contribution in [2.45, 2.75) is 19.6 Å². The highest BCUT2D eigenvalue weighted by atomic mass is 32.2. The maximum absolute atomic E-state index is 14.8. The molecule has 10 heteroatoms. The third-order valence-electron chi connectivity index (χ3n) is 4.49. The number of amides is 2. The molecule has 0 radical (unpaired) electrons. The molecule has 0 aliphatic carbocycles. The van der Waals surface area contributed by atoms with E-state index < -0.39 is 28.0 Å². The minimum atomic E-state index is -3.34. The van der Waals surface area contributed by atoms with Gasteiger partial charge in [0.25, 0.3) is 0 Å². The summed E-state index contributed by atoms with van der Waals surface area (Å²) in [5, 5.41) is 2.59. The summed E-state index contributed by atoms with van der Waals surface area (Å²) >= 11 is 0. The molecule has 0 spiro atoms. The van der Waals surface area contributed by atoms with Crippen LogP contribution in [0.25, 0.3) is 11.1 Å². The van der Waals surface area contributed by atoms with Crippen LogP contribution in [0.3, 0.4) is 0 Å². The van der Waals surface area contributed by atoms with Gasteiger partial charge in [0.15, 0.2) is 0 Å². The van der Waals surface area contributed by atoms with Crippen LogP contribution in [0.4, 0.5) is 14.9 Å². The van der Waals surface area contributed by atoms with Crippen molar-refractivity contribution in [3.8, 4) is 11.1 Å². The Morgan fingerprint density at radius 1 is 1.27 bits per heavy atom. The summed E-state index contributed by atoms with van der Waals surface area (Å²) in [4.78, 5) is 24.4. The van der Waals surface area contributed by atoms with Gasteiger partial charge in [0.05, 0.1) is 25.0 Å². The normalized spacial score (nSPS) is 16.4. The van der Waals surface area contributed by atoms with E-state index in [9.17, 15) is 22.4 Å². The molecule has 1 saturated heterocycles. The van der Waals surface area contributed by atoms with Crippen molar-refractivity contribution in [1.82, 2.24) is 10.0 Å². The first-order valence-electron chi connectivity index (χ1n) is 9.18. The molecule has 2 amide bonds. The highest BCUT2D eigenvalue weighted by molar-refractivity contribution is 7.88. The number of nitrogens with one attached hydrogen (secondary N) is 2. The molecule has 1 fully saturated rings. The van der Waals surface area contributed by atoms with E-state index in [2.05, 4.69) is 10.0 Å². The maximum Gasteiger partial charge on any atom is 0.414 e. The van der Waals surface area contributed by atoms with Gasteiger partial charge in [-0.2, -0.15) is 0 Å². The van der Waals surface area contributed by atoms with Crippen LogP contribution in [-0.2, 0) is 26.1 Å². The number of halogens is 1. The number of hydrogen-bond donors (Lipinski definition) is 2.